The summed E-state index contributed by atoms with van der Waals surface area (Å²) in [7, 11) is 0. The van der Waals surface area contributed by atoms with Crippen molar-refractivity contribution in [1.29, 1.82) is 0 Å². The van der Waals surface area contributed by atoms with Gasteiger partial charge in [0.05, 0.1) is 18.8 Å². The lowest BCUT2D eigenvalue weighted by atomic mass is 10.0. The normalized spacial score (nSPS) is 13.6. The van der Waals surface area contributed by atoms with Crippen LogP contribution in [0.25, 0.3) is 0 Å². The first kappa shape index (κ1) is 33.9. The number of hydrogen-bond acceptors (Lipinski definition) is 3. The molecule has 0 aliphatic rings. The van der Waals surface area contributed by atoms with E-state index in [0.717, 1.165) is 19.3 Å². The van der Waals surface area contributed by atoms with Crippen molar-refractivity contribution in [3.63, 3.8) is 0 Å². The van der Waals surface area contributed by atoms with E-state index in [-0.39, 0.29) is 12.5 Å². The molecule has 0 unspecified atom stereocenters. The van der Waals surface area contributed by atoms with Gasteiger partial charge >= 0.3 is 0 Å². The van der Waals surface area contributed by atoms with Gasteiger partial charge in [0, 0.05) is 6.42 Å². The van der Waals surface area contributed by atoms with E-state index < -0.39 is 12.1 Å². The second-order valence-electron chi connectivity index (χ2n) is 10.2. The van der Waals surface area contributed by atoms with E-state index in [1.54, 1.807) is 12.2 Å². The molecule has 35 heavy (non-hydrogen) atoms. The summed E-state index contributed by atoms with van der Waals surface area (Å²) in [4.78, 5) is 12.2. The number of hydrogen-bond donors (Lipinski definition) is 3. The van der Waals surface area contributed by atoms with Crippen molar-refractivity contribution >= 4 is 5.91 Å². The van der Waals surface area contributed by atoms with E-state index in [1.807, 2.05) is 6.08 Å². The fraction of sp³-hybridized carbons (Fsp3) is 0.839. The van der Waals surface area contributed by atoms with Gasteiger partial charge < -0.3 is 15.5 Å². The minimum atomic E-state index is -0.880. The van der Waals surface area contributed by atoms with E-state index in [4.69, 9.17) is 0 Å². The van der Waals surface area contributed by atoms with Crippen molar-refractivity contribution in [2.75, 3.05) is 6.61 Å². The van der Waals surface area contributed by atoms with Gasteiger partial charge in [-0.3, -0.25) is 4.79 Å². The molecule has 0 aliphatic heterocycles. The van der Waals surface area contributed by atoms with Crippen LogP contribution >= 0.6 is 0 Å². The fourth-order valence-electron chi connectivity index (χ4n) is 4.35. The average Bonchev–Trinajstić information content (AvgIpc) is 2.86. The summed E-state index contributed by atoms with van der Waals surface area (Å²) < 4.78 is 0. The summed E-state index contributed by atoms with van der Waals surface area (Å²) in [5, 5.41) is 22.6. The van der Waals surface area contributed by atoms with Gasteiger partial charge in [-0.05, 0) is 19.3 Å². The number of unbranched alkanes of at least 4 members (excludes halogenated alkanes) is 18. The number of amides is 1. The summed E-state index contributed by atoms with van der Waals surface area (Å²) >= 11 is 0. The highest BCUT2D eigenvalue weighted by Gasteiger charge is 2.17. The predicted molar refractivity (Wildman–Crippen MR) is 152 cm³/mol. The van der Waals surface area contributed by atoms with Crippen molar-refractivity contribution in [1.82, 2.24) is 5.32 Å². The lowest BCUT2D eigenvalue weighted by Crippen LogP contribution is -2.45. The molecule has 0 radical (unpaired) electrons. The number of carbonyl (C=O) groups excluding carboxylic acids is 1. The zero-order valence-corrected chi connectivity index (χ0v) is 23.3. The monoisotopic (exact) mass is 493 g/mol. The fourth-order valence-corrected chi connectivity index (χ4v) is 4.35. The molecular formula is C31H59NO3. The molecular weight excluding hydrogens is 434 g/mol. The molecule has 0 rings (SSSR count). The van der Waals surface area contributed by atoms with Crippen molar-refractivity contribution in [2.45, 2.75) is 161 Å². The van der Waals surface area contributed by atoms with Crippen LogP contribution in [-0.2, 0) is 4.79 Å². The van der Waals surface area contributed by atoms with E-state index in [2.05, 4.69) is 25.2 Å². The van der Waals surface area contributed by atoms with Gasteiger partial charge in [-0.2, -0.15) is 0 Å². The Hall–Kier alpha value is -1.13. The van der Waals surface area contributed by atoms with Gasteiger partial charge in [0.15, 0.2) is 0 Å². The number of carbonyl (C=O) groups is 1. The maximum absolute atomic E-state index is 12.2. The molecule has 0 aliphatic carbocycles. The van der Waals surface area contributed by atoms with E-state index in [9.17, 15) is 15.0 Å². The number of nitrogens with one attached hydrogen (secondary N) is 1. The van der Waals surface area contributed by atoms with Crippen LogP contribution in [0.4, 0.5) is 0 Å². The molecule has 2 atom stereocenters. The summed E-state index contributed by atoms with van der Waals surface area (Å²) in [6.07, 6.45) is 32.6. The molecule has 4 nitrogen and oxygen atoms in total. The van der Waals surface area contributed by atoms with Crippen LogP contribution in [0.15, 0.2) is 24.3 Å². The van der Waals surface area contributed by atoms with Crippen LogP contribution < -0.4 is 5.32 Å². The lowest BCUT2D eigenvalue weighted by molar-refractivity contribution is -0.123. The zero-order chi connectivity index (χ0) is 25.8. The van der Waals surface area contributed by atoms with Crippen molar-refractivity contribution < 1.29 is 15.0 Å². The molecule has 0 spiro atoms. The van der Waals surface area contributed by atoms with Crippen LogP contribution in [0.1, 0.15) is 149 Å². The van der Waals surface area contributed by atoms with Gasteiger partial charge in [0.25, 0.3) is 0 Å². The summed E-state index contributed by atoms with van der Waals surface area (Å²) in [6, 6.07) is -0.646. The second-order valence-corrected chi connectivity index (χ2v) is 10.2. The molecule has 0 aromatic heterocycles. The average molecular weight is 494 g/mol. The summed E-state index contributed by atoms with van der Waals surface area (Å²) in [6.45, 7) is 4.22. The van der Waals surface area contributed by atoms with Gasteiger partial charge in [0.1, 0.15) is 0 Å². The van der Waals surface area contributed by atoms with Gasteiger partial charge in [-0.25, -0.2) is 0 Å². The Morgan fingerprint density at radius 2 is 1.14 bits per heavy atom. The van der Waals surface area contributed by atoms with Gasteiger partial charge in [-0.15, -0.1) is 0 Å². The summed E-state index contributed by atoms with van der Waals surface area (Å²) in [5.41, 5.74) is 0. The highest BCUT2D eigenvalue weighted by Crippen LogP contribution is 2.13. The Bertz CT molecular complexity index is 503. The quantitative estimate of drug-likeness (QED) is 0.0840. The topological polar surface area (TPSA) is 69.6 Å². The molecule has 0 aromatic carbocycles. The third-order valence-electron chi connectivity index (χ3n) is 6.74. The number of rotatable bonds is 26. The molecule has 0 bridgehead atoms. The molecule has 0 fully saturated rings. The van der Waals surface area contributed by atoms with Crippen LogP contribution in [0.5, 0.6) is 0 Å². The van der Waals surface area contributed by atoms with Crippen LogP contribution in [0.3, 0.4) is 0 Å². The van der Waals surface area contributed by atoms with E-state index in [0.29, 0.717) is 6.42 Å². The number of aliphatic hydroxyl groups is 2. The maximum atomic E-state index is 12.2. The van der Waals surface area contributed by atoms with Crippen molar-refractivity contribution in [2.24, 2.45) is 0 Å². The molecule has 0 saturated heterocycles. The highest BCUT2D eigenvalue weighted by atomic mass is 16.3. The Balaban J connectivity index is 3.70. The largest absolute Gasteiger partial charge is 0.394 e. The molecule has 206 valence electrons. The SMILES string of the molecule is CCCCCCC/C=C/C=C/[C@@H](O)[C@H](CO)NC(=O)CCCCCCCCCCCCCCCC. The Morgan fingerprint density at radius 1 is 0.686 bits per heavy atom. The third kappa shape index (κ3) is 24.3. The van der Waals surface area contributed by atoms with Crippen molar-refractivity contribution in [3.8, 4) is 0 Å². The first-order valence-electron chi connectivity index (χ1n) is 15.1. The Kier molecular flexibility index (Phi) is 26.6. The zero-order valence-electron chi connectivity index (χ0n) is 23.3. The maximum Gasteiger partial charge on any atom is 0.220 e. The molecule has 4 heteroatoms. The van der Waals surface area contributed by atoms with E-state index >= 15 is 0 Å². The van der Waals surface area contributed by atoms with E-state index in [1.165, 1.54) is 109 Å². The number of aliphatic hydroxyl groups excluding tert-OH is 2. The van der Waals surface area contributed by atoms with Gasteiger partial charge in [-0.1, -0.05) is 147 Å². The van der Waals surface area contributed by atoms with Crippen LogP contribution in [-0.4, -0.2) is 34.9 Å². The smallest absolute Gasteiger partial charge is 0.220 e. The molecule has 3 N–H and O–H groups in total. The minimum Gasteiger partial charge on any atom is -0.394 e. The standard InChI is InChI=1S/C31H59NO3/c1-3-5-7-9-11-13-14-15-16-17-19-21-23-25-27-31(35)32-29(28-33)30(34)26-24-22-20-18-12-10-8-6-4-2/h20,22,24,26,29-30,33-34H,3-19,21,23,25,27-28H2,1-2H3,(H,32,35)/b22-20+,26-24+/t29-,30+/m0/s1. The Labute approximate surface area is 218 Å². The highest BCUT2D eigenvalue weighted by molar-refractivity contribution is 5.76. The first-order valence-corrected chi connectivity index (χ1v) is 15.1. The van der Waals surface area contributed by atoms with Crippen LogP contribution in [0.2, 0.25) is 0 Å². The molecule has 0 aromatic rings. The van der Waals surface area contributed by atoms with Crippen molar-refractivity contribution in [3.05, 3.63) is 24.3 Å². The second kappa shape index (κ2) is 27.5. The third-order valence-corrected chi connectivity index (χ3v) is 6.74. The van der Waals surface area contributed by atoms with Gasteiger partial charge in [0.2, 0.25) is 5.91 Å². The Morgan fingerprint density at radius 3 is 1.63 bits per heavy atom. The molecule has 0 heterocycles. The van der Waals surface area contributed by atoms with Crippen LogP contribution in [0, 0.1) is 0 Å². The molecule has 0 saturated carbocycles. The molecule has 1 amide bonds. The number of allylic oxidation sites excluding steroid dienone is 3. The summed E-state index contributed by atoms with van der Waals surface area (Å²) in [5.74, 6) is -0.0851. The predicted octanol–water partition coefficient (Wildman–Crippen LogP) is 8.17. The lowest BCUT2D eigenvalue weighted by Gasteiger charge is -2.19. The minimum absolute atomic E-state index is 0.0851. The first-order chi connectivity index (χ1) is 17.2.